The van der Waals surface area contributed by atoms with E-state index in [-0.39, 0.29) is 30.2 Å². The highest BCUT2D eigenvalue weighted by Crippen LogP contribution is 2.29. The van der Waals surface area contributed by atoms with Crippen molar-refractivity contribution >= 4 is 29.9 Å². The van der Waals surface area contributed by atoms with E-state index in [0.717, 1.165) is 36.8 Å². The molecule has 0 aliphatic heterocycles. The van der Waals surface area contributed by atoms with E-state index in [2.05, 4.69) is 0 Å². The van der Waals surface area contributed by atoms with Gasteiger partial charge in [0, 0.05) is 18.5 Å². The van der Waals surface area contributed by atoms with E-state index in [1.54, 1.807) is 36.2 Å². The number of hydrogen-bond acceptors (Lipinski definition) is 2. The third kappa shape index (κ3) is 7.13. The lowest BCUT2D eigenvalue weighted by atomic mass is 9.97. The van der Waals surface area contributed by atoms with E-state index in [0.29, 0.717) is 18.0 Å². The number of unbranched alkanes of at least 4 members (excludes halogenated alkanes) is 3. The second kappa shape index (κ2) is 12.0. The molecule has 0 aromatic heterocycles. The fourth-order valence-corrected chi connectivity index (χ4v) is 3.15. The van der Waals surface area contributed by atoms with Gasteiger partial charge >= 0.3 is 0 Å². The first kappa shape index (κ1) is 23.4. The average Bonchev–Trinajstić information content (AvgIpc) is 2.64. The van der Waals surface area contributed by atoms with Crippen molar-refractivity contribution in [2.24, 2.45) is 5.73 Å². The van der Waals surface area contributed by atoms with Crippen molar-refractivity contribution in [1.29, 1.82) is 0 Å². The third-order valence-corrected chi connectivity index (χ3v) is 4.75. The minimum atomic E-state index is -0.294. The van der Waals surface area contributed by atoms with E-state index in [9.17, 15) is 9.18 Å². The normalized spacial score (nSPS) is 11.6. The first-order chi connectivity index (χ1) is 12.5. The lowest BCUT2D eigenvalue weighted by Crippen LogP contribution is -2.31. The van der Waals surface area contributed by atoms with Gasteiger partial charge in [0.1, 0.15) is 5.82 Å². The Bertz CT molecular complexity index is 647. The van der Waals surface area contributed by atoms with Crippen molar-refractivity contribution in [2.75, 3.05) is 13.6 Å². The number of benzene rings is 2. The smallest absolute Gasteiger partial charge is 0.223 e. The molecule has 148 valence electrons. The minimum Gasteiger partial charge on any atom is -0.335 e. The monoisotopic (exact) mass is 412 g/mol. The molecule has 2 aromatic rings. The van der Waals surface area contributed by atoms with Gasteiger partial charge in [-0.3, -0.25) is 4.79 Å². The van der Waals surface area contributed by atoms with Crippen molar-refractivity contribution in [3.8, 4) is 0 Å². The number of nitrogens with two attached hydrogens (primary N) is 1. The summed E-state index contributed by atoms with van der Waals surface area (Å²) >= 11 is 6.00. The van der Waals surface area contributed by atoms with Gasteiger partial charge in [0.25, 0.3) is 0 Å². The van der Waals surface area contributed by atoms with Crippen molar-refractivity contribution in [2.45, 2.75) is 38.1 Å². The summed E-state index contributed by atoms with van der Waals surface area (Å²) in [7, 11) is 1.80. The van der Waals surface area contributed by atoms with Gasteiger partial charge in [0.05, 0.1) is 6.04 Å². The zero-order chi connectivity index (χ0) is 18.9. The summed E-state index contributed by atoms with van der Waals surface area (Å²) in [6.07, 6.45) is 4.38. The Hall–Kier alpha value is -1.62. The summed E-state index contributed by atoms with van der Waals surface area (Å²) in [6.45, 7) is 0.692. The Balaban J connectivity index is 0.00000364. The molecular weight excluding hydrogens is 386 g/mol. The van der Waals surface area contributed by atoms with Crippen LogP contribution in [0, 0.1) is 5.82 Å². The summed E-state index contributed by atoms with van der Waals surface area (Å²) in [5.41, 5.74) is 7.31. The molecule has 0 saturated carbocycles. The summed E-state index contributed by atoms with van der Waals surface area (Å²) < 4.78 is 13.3. The van der Waals surface area contributed by atoms with E-state index in [1.807, 2.05) is 12.1 Å². The summed E-state index contributed by atoms with van der Waals surface area (Å²) in [4.78, 5) is 14.4. The summed E-state index contributed by atoms with van der Waals surface area (Å²) in [5, 5.41) is 0.639. The van der Waals surface area contributed by atoms with Crippen LogP contribution >= 0.6 is 24.0 Å². The first-order valence-electron chi connectivity index (χ1n) is 8.99. The Morgan fingerprint density at radius 1 is 1.00 bits per heavy atom. The molecular formula is C21H27Cl2FN2O. The molecule has 0 heterocycles. The minimum absolute atomic E-state index is 0. The number of rotatable bonds is 9. The Morgan fingerprint density at radius 3 is 2.07 bits per heavy atom. The SMILES string of the molecule is CN(C(=O)CCCCCCN)C(c1ccc(F)cc1)c1ccc(Cl)cc1.Cl. The number of carbonyl (C=O) groups is 1. The van der Waals surface area contributed by atoms with Crippen molar-refractivity contribution in [3.05, 3.63) is 70.5 Å². The molecule has 2 aromatic carbocycles. The van der Waals surface area contributed by atoms with Crippen LogP contribution in [0.4, 0.5) is 4.39 Å². The fraction of sp³-hybridized carbons (Fsp3) is 0.381. The van der Waals surface area contributed by atoms with Crippen LogP contribution in [0.3, 0.4) is 0 Å². The zero-order valence-electron chi connectivity index (χ0n) is 15.5. The van der Waals surface area contributed by atoms with Gasteiger partial charge in [-0.2, -0.15) is 0 Å². The number of carbonyl (C=O) groups excluding carboxylic acids is 1. The van der Waals surface area contributed by atoms with Gasteiger partial charge in [0.15, 0.2) is 0 Å². The largest absolute Gasteiger partial charge is 0.335 e. The molecule has 0 fully saturated rings. The zero-order valence-corrected chi connectivity index (χ0v) is 17.1. The van der Waals surface area contributed by atoms with E-state index in [4.69, 9.17) is 17.3 Å². The lowest BCUT2D eigenvalue weighted by Gasteiger charge is -2.29. The molecule has 0 radical (unpaired) electrons. The topological polar surface area (TPSA) is 46.3 Å². The Morgan fingerprint density at radius 2 is 1.52 bits per heavy atom. The van der Waals surface area contributed by atoms with Crippen LogP contribution in [0.2, 0.25) is 5.02 Å². The van der Waals surface area contributed by atoms with E-state index >= 15 is 0 Å². The standard InChI is InChI=1S/C21H26ClFN2O.ClH/c1-25(20(26)6-4-2-3-5-15-24)21(16-7-11-18(22)12-8-16)17-9-13-19(23)14-10-17;/h7-14,21H,2-6,15,24H2,1H3;1H. The molecule has 0 aliphatic rings. The number of hydrogen-bond donors (Lipinski definition) is 1. The number of amides is 1. The van der Waals surface area contributed by atoms with Gasteiger partial charge in [0.2, 0.25) is 5.91 Å². The molecule has 2 rings (SSSR count). The fourth-order valence-electron chi connectivity index (χ4n) is 3.02. The quantitative estimate of drug-likeness (QED) is 0.563. The highest BCUT2D eigenvalue weighted by molar-refractivity contribution is 6.30. The van der Waals surface area contributed by atoms with Gasteiger partial charge < -0.3 is 10.6 Å². The van der Waals surface area contributed by atoms with Crippen molar-refractivity contribution in [1.82, 2.24) is 4.90 Å². The molecule has 0 spiro atoms. The summed E-state index contributed by atoms with van der Waals surface area (Å²) in [5.74, 6) is -0.223. The van der Waals surface area contributed by atoms with Crippen molar-refractivity contribution in [3.63, 3.8) is 0 Å². The van der Waals surface area contributed by atoms with Crippen LogP contribution in [-0.4, -0.2) is 24.4 Å². The molecule has 6 heteroatoms. The van der Waals surface area contributed by atoms with Crippen LogP contribution in [-0.2, 0) is 4.79 Å². The van der Waals surface area contributed by atoms with Crippen LogP contribution in [0.5, 0.6) is 0 Å². The Kier molecular flexibility index (Phi) is 10.4. The highest BCUT2D eigenvalue weighted by Gasteiger charge is 2.23. The molecule has 2 N–H and O–H groups in total. The predicted octanol–water partition coefficient (Wildman–Crippen LogP) is 5.36. The lowest BCUT2D eigenvalue weighted by molar-refractivity contribution is -0.131. The maximum atomic E-state index is 13.3. The van der Waals surface area contributed by atoms with Crippen LogP contribution < -0.4 is 5.73 Å². The van der Waals surface area contributed by atoms with Gasteiger partial charge in [-0.1, -0.05) is 48.7 Å². The number of halogens is 3. The number of nitrogens with zero attached hydrogens (tertiary/aromatic N) is 1. The molecule has 1 amide bonds. The molecule has 1 atom stereocenters. The molecule has 1 unspecified atom stereocenters. The van der Waals surface area contributed by atoms with E-state index < -0.39 is 0 Å². The maximum Gasteiger partial charge on any atom is 0.223 e. The molecule has 0 bridgehead atoms. The van der Waals surface area contributed by atoms with Crippen LogP contribution in [0.25, 0.3) is 0 Å². The van der Waals surface area contributed by atoms with E-state index in [1.165, 1.54) is 12.1 Å². The highest BCUT2D eigenvalue weighted by atomic mass is 35.5. The second-order valence-corrected chi connectivity index (χ2v) is 6.90. The first-order valence-corrected chi connectivity index (χ1v) is 9.37. The Labute approximate surface area is 172 Å². The molecule has 27 heavy (non-hydrogen) atoms. The predicted molar refractivity (Wildman–Crippen MR) is 112 cm³/mol. The molecule has 0 saturated heterocycles. The van der Waals surface area contributed by atoms with Crippen LogP contribution in [0.15, 0.2) is 48.5 Å². The van der Waals surface area contributed by atoms with Gasteiger partial charge in [-0.05, 0) is 54.8 Å². The van der Waals surface area contributed by atoms with Gasteiger partial charge in [-0.15, -0.1) is 12.4 Å². The second-order valence-electron chi connectivity index (χ2n) is 6.46. The third-order valence-electron chi connectivity index (χ3n) is 4.50. The van der Waals surface area contributed by atoms with Crippen LogP contribution in [0.1, 0.15) is 49.3 Å². The summed E-state index contributed by atoms with van der Waals surface area (Å²) in [6, 6.07) is 13.4. The maximum absolute atomic E-state index is 13.3. The average molecular weight is 413 g/mol. The van der Waals surface area contributed by atoms with Gasteiger partial charge in [-0.25, -0.2) is 4.39 Å². The molecule has 3 nitrogen and oxygen atoms in total. The van der Waals surface area contributed by atoms with Crippen molar-refractivity contribution < 1.29 is 9.18 Å². The molecule has 0 aliphatic carbocycles.